The van der Waals surface area contributed by atoms with Gasteiger partial charge >= 0.3 is 0 Å². The van der Waals surface area contributed by atoms with Gasteiger partial charge in [0.25, 0.3) is 11.5 Å². The van der Waals surface area contributed by atoms with Crippen molar-refractivity contribution in [3.63, 3.8) is 0 Å². The van der Waals surface area contributed by atoms with Crippen LogP contribution in [0.4, 0.5) is 5.69 Å². The van der Waals surface area contributed by atoms with E-state index in [1.807, 2.05) is 0 Å². The fraction of sp³-hybridized carbons (Fsp3) is 0.533. The summed E-state index contributed by atoms with van der Waals surface area (Å²) < 4.78 is 6.55. The molecule has 1 saturated heterocycles. The van der Waals surface area contributed by atoms with Crippen LogP contribution >= 0.6 is 0 Å². The molecule has 120 valence electrons. The lowest BCUT2D eigenvalue weighted by molar-refractivity contribution is -0.143. The first-order valence-corrected chi connectivity index (χ1v) is 7.30. The van der Waals surface area contributed by atoms with Crippen LogP contribution in [0.5, 0.6) is 0 Å². The molecule has 1 fully saturated rings. The number of likely N-dealkylation sites (tertiary alicyclic amines) is 1. The van der Waals surface area contributed by atoms with E-state index in [2.05, 4.69) is 5.32 Å². The minimum Gasteiger partial charge on any atom is -0.372 e. The number of hydrogen-bond acceptors (Lipinski definition) is 4. The molecule has 0 aromatic carbocycles. The van der Waals surface area contributed by atoms with Gasteiger partial charge in [0, 0.05) is 26.9 Å². The lowest BCUT2D eigenvalue weighted by Gasteiger charge is -2.23. The van der Waals surface area contributed by atoms with Crippen LogP contribution in [0.25, 0.3) is 0 Å². The van der Waals surface area contributed by atoms with Crippen LogP contribution in [0, 0.1) is 0 Å². The molecule has 0 spiro atoms. The highest BCUT2D eigenvalue weighted by molar-refractivity contribution is 5.95. The van der Waals surface area contributed by atoms with Crippen molar-refractivity contribution in [1.82, 2.24) is 9.47 Å². The molecule has 1 aliphatic rings. The number of carbonyl (C=O) groups excluding carboxylic acids is 2. The number of nitrogens with zero attached hydrogens (tertiary/aromatic N) is 2. The first kappa shape index (κ1) is 16.2. The maximum Gasteiger partial charge on any atom is 0.274 e. The van der Waals surface area contributed by atoms with Gasteiger partial charge in [0.05, 0.1) is 6.54 Å². The molecule has 1 aliphatic heterocycles. The Hall–Kier alpha value is -2.15. The van der Waals surface area contributed by atoms with Crippen molar-refractivity contribution in [2.75, 3.05) is 25.5 Å². The van der Waals surface area contributed by atoms with Crippen LogP contribution in [0.2, 0.25) is 0 Å². The number of aryl methyl sites for hydroxylation is 1. The molecule has 0 bridgehead atoms. The summed E-state index contributed by atoms with van der Waals surface area (Å²) >= 11 is 0. The van der Waals surface area contributed by atoms with Gasteiger partial charge in [-0.15, -0.1) is 0 Å². The number of rotatable bonds is 4. The van der Waals surface area contributed by atoms with Gasteiger partial charge in [-0.25, -0.2) is 0 Å². The Morgan fingerprint density at radius 1 is 1.41 bits per heavy atom. The summed E-state index contributed by atoms with van der Waals surface area (Å²) in [6.45, 7) is 0.454. The molecule has 1 unspecified atom stereocenters. The van der Waals surface area contributed by atoms with E-state index in [0.29, 0.717) is 13.0 Å². The third-order valence-corrected chi connectivity index (χ3v) is 3.75. The van der Waals surface area contributed by atoms with Crippen molar-refractivity contribution in [2.24, 2.45) is 7.05 Å². The maximum absolute atomic E-state index is 12.2. The molecule has 7 nitrogen and oxygen atoms in total. The van der Waals surface area contributed by atoms with E-state index in [4.69, 9.17) is 4.74 Å². The Bertz CT molecular complexity index is 611. The predicted octanol–water partition coefficient (Wildman–Crippen LogP) is 0.351. The van der Waals surface area contributed by atoms with E-state index in [9.17, 15) is 14.4 Å². The van der Waals surface area contributed by atoms with Crippen molar-refractivity contribution < 1.29 is 14.3 Å². The van der Waals surface area contributed by atoms with Gasteiger partial charge in [0.15, 0.2) is 0 Å². The molecule has 22 heavy (non-hydrogen) atoms. The van der Waals surface area contributed by atoms with Crippen molar-refractivity contribution in [3.05, 3.63) is 28.7 Å². The number of anilines is 1. The molecule has 2 heterocycles. The molecule has 2 rings (SSSR count). The Morgan fingerprint density at radius 2 is 2.18 bits per heavy atom. The number of pyridine rings is 1. The fourth-order valence-corrected chi connectivity index (χ4v) is 2.50. The van der Waals surface area contributed by atoms with Crippen molar-refractivity contribution in [2.45, 2.75) is 25.4 Å². The van der Waals surface area contributed by atoms with Crippen LogP contribution in [0.1, 0.15) is 19.3 Å². The van der Waals surface area contributed by atoms with E-state index in [1.165, 1.54) is 16.6 Å². The normalized spacial score (nSPS) is 18.9. The number of aromatic nitrogens is 1. The Morgan fingerprint density at radius 3 is 2.91 bits per heavy atom. The highest BCUT2D eigenvalue weighted by Gasteiger charge is 2.28. The number of ether oxygens (including phenoxy) is 1. The van der Waals surface area contributed by atoms with Crippen LogP contribution in [0.15, 0.2) is 23.1 Å². The summed E-state index contributed by atoms with van der Waals surface area (Å²) in [5.41, 5.74) is -0.0756. The second kappa shape index (κ2) is 7.22. The van der Waals surface area contributed by atoms with Crippen LogP contribution < -0.4 is 10.9 Å². The Labute approximate surface area is 128 Å². The first-order valence-electron chi connectivity index (χ1n) is 7.30. The van der Waals surface area contributed by atoms with Crippen molar-refractivity contribution in [3.8, 4) is 0 Å². The summed E-state index contributed by atoms with van der Waals surface area (Å²) in [4.78, 5) is 37.7. The SMILES string of the molecule is COC1CCCCN(CC(=O)Nc2cccn(C)c2=O)C1=O. The average molecular weight is 307 g/mol. The number of hydrogen-bond donors (Lipinski definition) is 1. The van der Waals surface area contributed by atoms with E-state index in [1.54, 1.807) is 25.4 Å². The zero-order valence-electron chi connectivity index (χ0n) is 12.9. The largest absolute Gasteiger partial charge is 0.372 e. The number of methoxy groups -OCH3 is 1. The van der Waals surface area contributed by atoms with Gasteiger partial charge in [-0.05, 0) is 31.4 Å². The molecule has 0 radical (unpaired) electrons. The minimum absolute atomic E-state index is 0.0727. The monoisotopic (exact) mass is 307 g/mol. The van der Waals surface area contributed by atoms with Gasteiger partial charge in [-0.1, -0.05) is 0 Å². The van der Waals surface area contributed by atoms with Gasteiger partial charge in [-0.3, -0.25) is 14.4 Å². The zero-order valence-corrected chi connectivity index (χ0v) is 12.9. The molecule has 1 N–H and O–H groups in total. The molecular formula is C15H21N3O4. The first-order chi connectivity index (χ1) is 10.5. The number of amides is 2. The number of nitrogens with one attached hydrogen (secondary N) is 1. The summed E-state index contributed by atoms with van der Waals surface area (Å²) in [7, 11) is 3.11. The second-order valence-electron chi connectivity index (χ2n) is 5.37. The highest BCUT2D eigenvalue weighted by Crippen LogP contribution is 2.14. The second-order valence-corrected chi connectivity index (χ2v) is 5.37. The van der Waals surface area contributed by atoms with Crippen LogP contribution in [-0.4, -0.2) is 47.6 Å². The maximum atomic E-state index is 12.2. The third-order valence-electron chi connectivity index (χ3n) is 3.75. The molecule has 0 aliphatic carbocycles. The van der Waals surface area contributed by atoms with Crippen LogP contribution in [0.3, 0.4) is 0 Å². The molecule has 7 heteroatoms. The third kappa shape index (κ3) is 3.73. The van der Waals surface area contributed by atoms with Crippen LogP contribution in [-0.2, 0) is 21.4 Å². The fourth-order valence-electron chi connectivity index (χ4n) is 2.50. The van der Waals surface area contributed by atoms with Gasteiger partial charge in [0.2, 0.25) is 5.91 Å². The summed E-state index contributed by atoms with van der Waals surface area (Å²) in [5.74, 6) is -0.551. The van der Waals surface area contributed by atoms with Gasteiger partial charge in [0.1, 0.15) is 11.8 Å². The molecule has 1 aromatic rings. The lowest BCUT2D eigenvalue weighted by Crippen LogP contribution is -2.43. The quantitative estimate of drug-likeness (QED) is 0.870. The van der Waals surface area contributed by atoms with Crippen molar-refractivity contribution >= 4 is 17.5 Å². The minimum atomic E-state index is -0.486. The molecule has 1 atom stereocenters. The standard InChI is InChI=1S/C15H21N3O4/c1-17-8-5-6-11(14(17)20)16-13(19)10-18-9-4-3-7-12(22-2)15(18)21/h5-6,8,12H,3-4,7,9-10H2,1-2H3,(H,16,19). The summed E-state index contributed by atoms with van der Waals surface area (Å²) in [5, 5.41) is 2.57. The molecule has 0 saturated carbocycles. The smallest absolute Gasteiger partial charge is 0.274 e. The zero-order chi connectivity index (χ0) is 16.1. The van der Waals surface area contributed by atoms with Gasteiger partial charge < -0.3 is 19.5 Å². The lowest BCUT2D eigenvalue weighted by atomic mass is 10.2. The van der Waals surface area contributed by atoms with Gasteiger partial charge in [-0.2, -0.15) is 0 Å². The Kier molecular flexibility index (Phi) is 5.32. The summed E-state index contributed by atoms with van der Waals surface area (Å²) in [6, 6.07) is 3.22. The highest BCUT2D eigenvalue weighted by atomic mass is 16.5. The van der Waals surface area contributed by atoms with Crippen molar-refractivity contribution in [1.29, 1.82) is 0 Å². The van der Waals surface area contributed by atoms with E-state index >= 15 is 0 Å². The topological polar surface area (TPSA) is 80.6 Å². The number of carbonyl (C=O) groups is 2. The van der Waals surface area contributed by atoms with E-state index in [0.717, 1.165) is 12.8 Å². The molecule has 2 amide bonds. The molecule has 1 aromatic heterocycles. The Balaban J connectivity index is 2.03. The van der Waals surface area contributed by atoms with E-state index < -0.39 is 6.10 Å². The predicted molar refractivity (Wildman–Crippen MR) is 81.5 cm³/mol. The molecular weight excluding hydrogens is 286 g/mol. The van der Waals surface area contributed by atoms with E-state index in [-0.39, 0.29) is 29.6 Å². The summed E-state index contributed by atoms with van der Waals surface area (Å²) in [6.07, 6.45) is 3.53. The average Bonchev–Trinajstić information content (AvgIpc) is 2.66.